The van der Waals surface area contributed by atoms with Crippen LogP contribution in [0.5, 0.6) is 0 Å². The van der Waals surface area contributed by atoms with Gasteiger partial charge in [0.15, 0.2) is 0 Å². The molecule has 0 atom stereocenters. The summed E-state index contributed by atoms with van der Waals surface area (Å²) in [5.74, 6) is 0. The quantitative estimate of drug-likeness (QED) is 0.310. The van der Waals surface area contributed by atoms with Crippen LogP contribution in [-0.2, 0) is 42.6 Å². The van der Waals surface area contributed by atoms with Crippen LogP contribution >= 0.6 is 0 Å². The maximum atomic E-state index is 5.06. The molecule has 0 saturated carbocycles. The molecule has 0 aromatic carbocycles. The normalized spacial score (nSPS) is 10.0. The van der Waals surface area contributed by atoms with E-state index in [9.17, 15) is 0 Å². The lowest BCUT2D eigenvalue weighted by Crippen LogP contribution is -2.06. The van der Waals surface area contributed by atoms with Crippen molar-refractivity contribution in [1.82, 2.24) is 0 Å². The Kier molecular flexibility index (Phi) is 42.4. The molecule has 0 rings (SSSR count). The van der Waals surface area contributed by atoms with Crippen molar-refractivity contribution in [1.29, 1.82) is 0 Å². The highest BCUT2D eigenvalue weighted by Crippen LogP contribution is 1.77. The molecular weight excluding hydrogens is 360 g/mol. The summed E-state index contributed by atoms with van der Waals surface area (Å²) in [4.78, 5) is 0. The molecule has 9 heteroatoms. The lowest BCUT2D eigenvalue weighted by atomic mass is 10.7. The molecule has 9 nitrogen and oxygen atoms in total. The Labute approximate surface area is 165 Å². The fourth-order valence-corrected chi connectivity index (χ4v) is 1.16. The van der Waals surface area contributed by atoms with Gasteiger partial charge in [-0.25, -0.2) is 0 Å². The third-order valence-corrected chi connectivity index (χ3v) is 2.59. The molecule has 0 unspecified atom stereocenters. The lowest BCUT2D eigenvalue weighted by molar-refractivity contribution is 0.0385. The van der Waals surface area contributed by atoms with Gasteiger partial charge >= 0.3 is 0 Å². The van der Waals surface area contributed by atoms with E-state index < -0.39 is 0 Å². The SMILES string of the molecule is COCCOCCOC.COCCOCCOC.COCCOCCOC. The maximum absolute atomic E-state index is 5.06. The van der Waals surface area contributed by atoms with Crippen LogP contribution in [0.25, 0.3) is 0 Å². The van der Waals surface area contributed by atoms with Gasteiger partial charge in [-0.1, -0.05) is 0 Å². The zero-order chi connectivity index (χ0) is 20.8. The van der Waals surface area contributed by atoms with Gasteiger partial charge in [0.05, 0.1) is 79.3 Å². The van der Waals surface area contributed by atoms with Crippen molar-refractivity contribution in [3.63, 3.8) is 0 Å². The highest BCUT2D eigenvalue weighted by Gasteiger charge is 1.86. The second-order valence-electron chi connectivity index (χ2n) is 4.79. The van der Waals surface area contributed by atoms with E-state index in [1.807, 2.05) is 0 Å². The van der Waals surface area contributed by atoms with Crippen molar-refractivity contribution in [2.24, 2.45) is 0 Å². The van der Waals surface area contributed by atoms with Gasteiger partial charge in [0.1, 0.15) is 0 Å². The molecule has 0 heterocycles. The molecule has 0 aliphatic heterocycles. The molecule has 0 aliphatic rings. The minimum absolute atomic E-state index is 0.653. The van der Waals surface area contributed by atoms with Gasteiger partial charge in [-0.3, -0.25) is 0 Å². The monoisotopic (exact) mass is 402 g/mol. The number of ether oxygens (including phenoxy) is 9. The first-order valence-electron chi connectivity index (χ1n) is 8.91. The minimum atomic E-state index is 0.653. The Morgan fingerprint density at radius 2 is 0.407 bits per heavy atom. The van der Waals surface area contributed by atoms with Crippen molar-refractivity contribution < 1.29 is 42.6 Å². The van der Waals surface area contributed by atoms with Gasteiger partial charge in [0.2, 0.25) is 0 Å². The fraction of sp³-hybridized carbons (Fsp3) is 1.00. The van der Waals surface area contributed by atoms with Gasteiger partial charge in [-0.2, -0.15) is 0 Å². The van der Waals surface area contributed by atoms with E-state index in [1.165, 1.54) is 0 Å². The first-order chi connectivity index (χ1) is 13.2. The summed E-state index contributed by atoms with van der Waals surface area (Å²) in [7, 11) is 9.91. The molecule has 0 aromatic rings. The molecule has 0 bridgehead atoms. The second-order valence-corrected chi connectivity index (χ2v) is 4.79. The summed E-state index contributed by atoms with van der Waals surface area (Å²) >= 11 is 0. The zero-order valence-corrected chi connectivity index (χ0v) is 18.2. The van der Waals surface area contributed by atoms with Crippen LogP contribution < -0.4 is 0 Å². The van der Waals surface area contributed by atoms with Gasteiger partial charge in [0.25, 0.3) is 0 Å². The van der Waals surface area contributed by atoms with Crippen molar-refractivity contribution in [3.8, 4) is 0 Å². The van der Waals surface area contributed by atoms with Crippen LogP contribution in [0.15, 0.2) is 0 Å². The van der Waals surface area contributed by atoms with Crippen LogP contribution in [0.4, 0.5) is 0 Å². The average Bonchev–Trinajstić information content (AvgIpc) is 2.69. The number of methoxy groups -OCH3 is 6. The third kappa shape index (κ3) is 46.0. The Bertz CT molecular complexity index is 158. The highest BCUT2D eigenvalue weighted by molar-refractivity contribution is 4.29. The Morgan fingerprint density at radius 1 is 0.259 bits per heavy atom. The summed E-state index contributed by atoms with van der Waals surface area (Å²) in [6.07, 6.45) is 0. The first-order valence-corrected chi connectivity index (χ1v) is 8.91. The number of rotatable bonds is 18. The van der Waals surface area contributed by atoms with E-state index in [0.717, 1.165) is 0 Å². The van der Waals surface area contributed by atoms with E-state index in [2.05, 4.69) is 0 Å². The minimum Gasteiger partial charge on any atom is -0.382 e. The highest BCUT2D eigenvalue weighted by atomic mass is 16.5. The maximum Gasteiger partial charge on any atom is 0.0701 e. The van der Waals surface area contributed by atoms with Crippen molar-refractivity contribution in [2.75, 3.05) is 122 Å². The summed E-state index contributed by atoms with van der Waals surface area (Å²) < 4.78 is 43.7. The van der Waals surface area contributed by atoms with Gasteiger partial charge < -0.3 is 42.6 Å². The number of hydrogen-bond donors (Lipinski definition) is 0. The molecule has 0 aromatic heterocycles. The van der Waals surface area contributed by atoms with E-state index in [1.54, 1.807) is 42.7 Å². The molecule has 168 valence electrons. The summed E-state index contributed by atoms with van der Waals surface area (Å²) in [5.41, 5.74) is 0. The average molecular weight is 403 g/mol. The van der Waals surface area contributed by atoms with Crippen molar-refractivity contribution >= 4 is 0 Å². The summed E-state index contributed by atoms with van der Waals surface area (Å²) in [5, 5.41) is 0. The molecule has 0 radical (unpaired) electrons. The van der Waals surface area contributed by atoms with E-state index in [0.29, 0.717) is 79.3 Å². The molecule has 27 heavy (non-hydrogen) atoms. The van der Waals surface area contributed by atoms with Crippen molar-refractivity contribution in [3.05, 3.63) is 0 Å². The smallest absolute Gasteiger partial charge is 0.0701 e. The first kappa shape index (κ1) is 31.3. The van der Waals surface area contributed by atoms with Crippen LogP contribution in [0.1, 0.15) is 0 Å². The third-order valence-electron chi connectivity index (χ3n) is 2.59. The van der Waals surface area contributed by atoms with E-state index >= 15 is 0 Å². The topological polar surface area (TPSA) is 83.1 Å². The van der Waals surface area contributed by atoms with E-state index in [4.69, 9.17) is 42.6 Å². The van der Waals surface area contributed by atoms with Crippen LogP contribution in [0.3, 0.4) is 0 Å². The Balaban J connectivity index is -0.000000320. The second kappa shape index (κ2) is 36.5. The largest absolute Gasteiger partial charge is 0.382 e. The van der Waals surface area contributed by atoms with Crippen LogP contribution in [-0.4, -0.2) is 122 Å². The summed E-state index contributed by atoms with van der Waals surface area (Å²) in [6.45, 7) is 7.85. The molecule has 0 fully saturated rings. The predicted octanol–water partition coefficient (Wildman–Crippen LogP) is 0.887. The molecule has 0 amide bonds. The Hall–Kier alpha value is -0.360. The molecule has 0 saturated heterocycles. The standard InChI is InChI=1S/3C6H14O3/c3*1-7-3-5-9-6-4-8-2/h3*3-6H2,1-2H3. The molecule has 0 N–H and O–H groups in total. The van der Waals surface area contributed by atoms with Crippen LogP contribution in [0, 0.1) is 0 Å². The van der Waals surface area contributed by atoms with E-state index in [-0.39, 0.29) is 0 Å². The summed E-state index contributed by atoms with van der Waals surface area (Å²) in [6, 6.07) is 0. The van der Waals surface area contributed by atoms with Gasteiger partial charge in [-0.05, 0) is 0 Å². The zero-order valence-electron chi connectivity index (χ0n) is 18.2. The van der Waals surface area contributed by atoms with Crippen molar-refractivity contribution in [2.45, 2.75) is 0 Å². The number of hydrogen-bond acceptors (Lipinski definition) is 9. The predicted molar refractivity (Wildman–Crippen MR) is 104 cm³/mol. The van der Waals surface area contributed by atoms with Gasteiger partial charge in [0, 0.05) is 42.7 Å². The molecule has 0 aliphatic carbocycles. The fourth-order valence-electron chi connectivity index (χ4n) is 1.16. The molecule has 0 spiro atoms. The lowest BCUT2D eigenvalue weighted by Gasteiger charge is -2.00. The van der Waals surface area contributed by atoms with Gasteiger partial charge in [-0.15, -0.1) is 0 Å². The molecular formula is C18H42O9. The Morgan fingerprint density at radius 3 is 0.519 bits per heavy atom. The van der Waals surface area contributed by atoms with Crippen LogP contribution in [0.2, 0.25) is 0 Å².